The smallest absolute Gasteiger partial charge is 0.340 e. The molecule has 0 bridgehead atoms. The van der Waals surface area contributed by atoms with Crippen LogP contribution in [-0.4, -0.2) is 31.5 Å². The number of carbonyl (C=O) groups excluding carboxylic acids is 2. The number of Topliss-reactive ketones (excluding diaryl/α,β-unsaturated/α-hetero) is 1. The molecule has 0 heterocycles. The Morgan fingerprint density at radius 2 is 1.75 bits per heavy atom. The highest BCUT2D eigenvalue weighted by Crippen LogP contribution is 2.18. The van der Waals surface area contributed by atoms with E-state index in [4.69, 9.17) is 9.47 Å². The van der Waals surface area contributed by atoms with Crippen LogP contribution in [0.5, 0.6) is 5.75 Å². The van der Waals surface area contributed by atoms with Crippen molar-refractivity contribution in [2.75, 3.05) is 19.0 Å². The van der Waals surface area contributed by atoms with Crippen LogP contribution in [0.2, 0.25) is 0 Å². The van der Waals surface area contributed by atoms with Crippen LogP contribution in [0.15, 0.2) is 48.5 Å². The number of hydrogen-bond acceptors (Lipinski definition) is 5. The van der Waals surface area contributed by atoms with Crippen molar-refractivity contribution >= 4 is 17.4 Å². The average Bonchev–Trinajstić information content (AvgIpc) is 2.61. The summed E-state index contributed by atoms with van der Waals surface area (Å²) in [5, 5.41) is 2.93. The van der Waals surface area contributed by atoms with Crippen molar-refractivity contribution in [2.24, 2.45) is 0 Å². The third kappa shape index (κ3) is 4.13. The Bertz CT molecular complexity index is 710. The molecule has 2 aromatic rings. The number of esters is 1. The van der Waals surface area contributed by atoms with Gasteiger partial charge in [0.25, 0.3) is 0 Å². The fourth-order valence-corrected chi connectivity index (χ4v) is 2.27. The maximum Gasteiger partial charge on any atom is 0.340 e. The number of benzene rings is 2. The molecule has 24 heavy (non-hydrogen) atoms. The zero-order chi connectivity index (χ0) is 17.5. The maximum absolute atomic E-state index is 12.4. The standard InChI is InChI=1S/C19H21NO4/c1-4-23-15-11-9-14(10-12-15)18(21)13(2)24-19(22)16-7-5-6-8-17(16)20-3/h5-13,20H,4H2,1-3H3/t13-/m1/s1. The quantitative estimate of drug-likeness (QED) is 0.622. The summed E-state index contributed by atoms with van der Waals surface area (Å²) in [6, 6.07) is 13.8. The summed E-state index contributed by atoms with van der Waals surface area (Å²) in [6.45, 7) is 4.02. The zero-order valence-electron chi connectivity index (χ0n) is 14.0. The molecular formula is C19H21NO4. The number of para-hydroxylation sites is 1. The minimum absolute atomic E-state index is 0.256. The van der Waals surface area contributed by atoms with Crippen molar-refractivity contribution in [2.45, 2.75) is 20.0 Å². The number of rotatable bonds is 7. The van der Waals surface area contributed by atoms with Crippen LogP contribution < -0.4 is 10.1 Å². The maximum atomic E-state index is 12.4. The molecule has 2 aromatic carbocycles. The predicted octanol–water partition coefficient (Wildman–Crippen LogP) is 3.56. The summed E-state index contributed by atoms with van der Waals surface area (Å²) in [5.74, 6) is -0.0956. The second kappa shape index (κ2) is 8.15. The largest absolute Gasteiger partial charge is 0.494 e. The van der Waals surface area contributed by atoms with Gasteiger partial charge in [-0.05, 0) is 50.2 Å². The number of ether oxygens (including phenoxy) is 2. The zero-order valence-corrected chi connectivity index (χ0v) is 14.0. The van der Waals surface area contributed by atoms with E-state index >= 15 is 0 Å². The van der Waals surface area contributed by atoms with Crippen LogP contribution in [0.4, 0.5) is 5.69 Å². The lowest BCUT2D eigenvalue weighted by Crippen LogP contribution is -2.24. The fraction of sp³-hybridized carbons (Fsp3) is 0.263. The lowest BCUT2D eigenvalue weighted by Gasteiger charge is -2.14. The Morgan fingerprint density at radius 1 is 1.08 bits per heavy atom. The second-order valence-electron chi connectivity index (χ2n) is 5.16. The van der Waals surface area contributed by atoms with Crippen LogP contribution in [0, 0.1) is 0 Å². The van der Waals surface area contributed by atoms with Gasteiger partial charge in [0.15, 0.2) is 6.10 Å². The topological polar surface area (TPSA) is 64.6 Å². The van der Waals surface area contributed by atoms with E-state index in [1.54, 1.807) is 56.4 Å². The highest BCUT2D eigenvalue weighted by atomic mass is 16.5. The van der Waals surface area contributed by atoms with Crippen molar-refractivity contribution in [3.8, 4) is 5.75 Å². The molecule has 126 valence electrons. The number of anilines is 1. The first-order valence-electron chi connectivity index (χ1n) is 7.81. The molecular weight excluding hydrogens is 306 g/mol. The van der Waals surface area contributed by atoms with Crippen molar-refractivity contribution in [1.82, 2.24) is 0 Å². The molecule has 0 saturated carbocycles. The van der Waals surface area contributed by atoms with Gasteiger partial charge >= 0.3 is 5.97 Å². The number of carbonyl (C=O) groups is 2. The first-order valence-corrected chi connectivity index (χ1v) is 7.81. The van der Waals surface area contributed by atoms with Crippen LogP contribution in [-0.2, 0) is 4.74 Å². The predicted molar refractivity (Wildman–Crippen MR) is 92.8 cm³/mol. The molecule has 0 radical (unpaired) electrons. The van der Waals surface area contributed by atoms with E-state index in [1.807, 2.05) is 13.0 Å². The van der Waals surface area contributed by atoms with Gasteiger partial charge in [0, 0.05) is 18.3 Å². The molecule has 0 saturated heterocycles. The molecule has 1 N–H and O–H groups in total. The lowest BCUT2D eigenvalue weighted by molar-refractivity contribution is 0.0319. The van der Waals surface area contributed by atoms with Crippen molar-refractivity contribution in [3.05, 3.63) is 59.7 Å². The van der Waals surface area contributed by atoms with Gasteiger partial charge in [-0.2, -0.15) is 0 Å². The third-order valence-corrected chi connectivity index (χ3v) is 3.52. The number of nitrogens with one attached hydrogen (secondary N) is 1. The molecule has 0 fully saturated rings. The van der Waals surface area contributed by atoms with E-state index in [9.17, 15) is 9.59 Å². The molecule has 0 aliphatic rings. The summed E-state index contributed by atoms with van der Waals surface area (Å²) in [7, 11) is 1.72. The van der Waals surface area contributed by atoms with Crippen LogP contribution in [0.3, 0.4) is 0 Å². The Kier molecular flexibility index (Phi) is 5.95. The lowest BCUT2D eigenvalue weighted by atomic mass is 10.1. The molecule has 0 aromatic heterocycles. The van der Waals surface area contributed by atoms with E-state index in [0.717, 1.165) is 0 Å². The SMILES string of the molecule is CCOc1ccc(C(=O)[C@@H](C)OC(=O)c2ccccc2NC)cc1. The minimum atomic E-state index is -0.875. The molecule has 5 heteroatoms. The second-order valence-corrected chi connectivity index (χ2v) is 5.16. The van der Waals surface area contributed by atoms with E-state index in [2.05, 4.69) is 5.32 Å². The summed E-state index contributed by atoms with van der Waals surface area (Å²) in [6.07, 6.45) is -0.875. The summed E-state index contributed by atoms with van der Waals surface area (Å²) in [5.41, 5.74) is 1.52. The first-order chi connectivity index (χ1) is 11.6. The molecule has 0 aliphatic carbocycles. The van der Waals surface area contributed by atoms with E-state index in [-0.39, 0.29) is 5.78 Å². The van der Waals surface area contributed by atoms with E-state index < -0.39 is 12.1 Å². The third-order valence-electron chi connectivity index (χ3n) is 3.52. The Morgan fingerprint density at radius 3 is 2.38 bits per heavy atom. The van der Waals surface area contributed by atoms with Gasteiger partial charge in [-0.1, -0.05) is 12.1 Å². The fourth-order valence-electron chi connectivity index (χ4n) is 2.27. The average molecular weight is 327 g/mol. The van der Waals surface area contributed by atoms with Crippen molar-refractivity contribution in [3.63, 3.8) is 0 Å². The Hall–Kier alpha value is -2.82. The van der Waals surface area contributed by atoms with Crippen LogP contribution in [0.25, 0.3) is 0 Å². The molecule has 0 aliphatic heterocycles. The molecule has 0 spiro atoms. The molecule has 0 unspecified atom stereocenters. The first kappa shape index (κ1) is 17.5. The minimum Gasteiger partial charge on any atom is -0.494 e. The Labute approximate surface area is 141 Å². The van der Waals surface area contributed by atoms with E-state index in [1.165, 1.54) is 0 Å². The van der Waals surface area contributed by atoms with Crippen LogP contribution in [0.1, 0.15) is 34.6 Å². The molecule has 2 rings (SSSR count). The van der Waals surface area contributed by atoms with Crippen molar-refractivity contribution < 1.29 is 19.1 Å². The van der Waals surface area contributed by atoms with Gasteiger partial charge in [0.1, 0.15) is 5.75 Å². The monoisotopic (exact) mass is 327 g/mol. The highest BCUT2D eigenvalue weighted by Gasteiger charge is 2.21. The van der Waals surface area contributed by atoms with Gasteiger partial charge in [0.05, 0.1) is 12.2 Å². The van der Waals surface area contributed by atoms with Gasteiger partial charge < -0.3 is 14.8 Å². The summed E-state index contributed by atoms with van der Waals surface area (Å²) in [4.78, 5) is 24.7. The highest BCUT2D eigenvalue weighted by molar-refractivity contribution is 6.02. The van der Waals surface area contributed by atoms with Crippen molar-refractivity contribution in [1.29, 1.82) is 0 Å². The van der Waals surface area contributed by atoms with Gasteiger partial charge in [-0.3, -0.25) is 4.79 Å². The van der Waals surface area contributed by atoms with Crippen LogP contribution >= 0.6 is 0 Å². The summed E-state index contributed by atoms with van der Waals surface area (Å²) < 4.78 is 10.7. The summed E-state index contributed by atoms with van der Waals surface area (Å²) >= 11 is 0. The molecule has 1 atom stereocenters. The molecule has 0 amide bonds. The number of ketones is 1. The van der Waals surface area contributed by atoms with Gasteiger partial charge in [0.2, 0.25) is 5.78 Å². The van der Waals surface area contributed by atoms with Gasteiger partial charge in [-0.25, -0.2) is 4.79 Å². The van der Waals surface area contributed by atoms with Gasteiger partial charge in [-0.15, -0.1) is 0 Å². The normalized spacial score (nSPS) is 11.5. The Balaban J connectivity index is 2.06. The van der Waals surface area contributed by atoms with E-state index in [0.29, 0.717) is 29.2 Å². The molecule has 5 nitrogen and oxygen atoms in total. The number of hydrogen-bond donors (Lipinski definition) is 1.